The van der Waals surface area contributed by atoms with E-state index in [1.807, 2.05) is 0 Å². The van der Waals surface area contributed by atoms with Gasteiger partial charge in [-0.25, -0.2) is 0 Å². The summed E-state index contributed by atoms with van der Waals surface area (Å²) in [5, 5.41) is 0. The monoisotopic (exact) mass is 181 g/mol. The summed E-state index contributed by atoms with van der Waals surface area (Å²) in [6.45, 7) is 4.04. The summed E-state index contributed by atoms with van der Waals surface area (Å²) < 4.78 is 0. The number of hydrogen-bond donors (Lipinski definition) is 0. The number of rotatable bonds is 4. The van der Waals surface area contributed by atoms with Crippen LogP contribution >= 0.6 is 0 Å². The van der Waals surface area contributed by atoms with E-state index in [1.54, 1.807) is 0 Å². The van der Waals surface area contributed by atoms with Crippen LogP contribution in [0.15, 0.2) is 0 Å². The van der Waals surface area contributed by atoms with Gasteiger partial charge in [0.15, 0.2) is 0 Å². The second-order valence-electron chi connectivity index (χ2n) is 4.45. The first-order chi connectivity index (χ1) is 6.31. The Balaban J connectivity index is 1.80. The van der Waals surface area contributed by atoms with E-state index < -0.39 is 0 Å². The lowest BCUT2D eigenvalue weighted by molar-refractivity contribution is -0.133. The second kappa shape index (κ2) is 3.69. The number of hydrogen-bond acceptors (Lipinski definition) is 1. The third kappa shape index (κ3) is 2.04. The Bertz CT molecular complexity index is 194. The lowest BCUT2D eigenvalue weighted by atomic mass is 9.85. The van der Waals surface area contributed by atoms with Crippen LogP contribution in [0.2, 0.25) is 0 Å². The van der Waals surface area contributed by atoms with Crippen LogP contribution in [0.4, 0.5) is 0 Å². The minimum absolute atomic E-state index is 0.403. The van der Waals surface area contributed by atoms with Gasteiger partial charge in [0.2, 0.25) is 5.91 Å². The molecule has 0 bridgehead atoms. The molecule has 1 amide bonds. The first-order valence-electron chi connectivity index (χ1n) is 5.60. The largest absolute Gasteiger partial charge is 0.342 e. The smallest absolute Gasteiger partial charge is 0.225 e. The van der Waals surface area contributed by atoms with Crippen molar-refractivity contribution in [2.24, 2.45) is 11.8 Å². The molecule has 0 unspecified atom stereocenters. The van der Waals surface area contributed by atoms with E-state index in [1.165, 1.54) is 19.3 Å². The highest BCUT2D eigenvalue weighted by atomic mass is 16.2. The first kappa shape index (κ1) is 9.04. The maximum absolute atomic E-state index is 11.7. The lowest BCUT2D eigenvalue weighted by Gasteiger charge is -2.31. The molecule has 0 aliphatic heterocycles. The molecule has 2 nitrogen and oxygen atoms in total. The molecule has 0 N–H and O–H groups in total. The van der Waals surface area contributed by atoms with E-state index in [4.69, 9.17) is 0 Å². The second-order valence-corrected chi connectivity index (χ2v) is 4.45. The molecule has 2 aliphatic rings. The quantitative estimate of drug-likeness (QED) is 0.650. The SMILES string of the molecule is CCN(CC1CCC1)C(=O)C1CC1. The predicted molar refractivity (Wildman–Crippen MR) is 52.3 cm³/mol. The first-order valence-corrected chi connectivity index (χ1v) is 5.60. The molecule has 74 valence electrons. The van der Waals surface area contributed by atoms with E-state index in [0.717, 1.165) is 31.8 Å². The van der Waals surface area contributed by atoms with Gasteiger partial charge < -0.3 is 4.90 Å². The topological polar surface area (TPSA) is 20.3 Å². The molecule has 0 heterocycles. The van der Waals surface area contributed by atoms with E-state index in [0.29, 0.717) is 11.8 Å². The fourth-order valence-electron chi connectivity index (χ4n) is 1.95. The van der Waals surface area contributed by atoms with Crippen molar-refractivity contribution >= 4 is 5.91 Å². The zero-order valence-electron chi connectivity index (χ0n) is 8.46. The van der Waals surface area contributed by atoms with Crippen molar-refractivity contribution in [2.75, 3.05) is 13.1 Å². The minimum atomic E-state index is 0.403. The van der Waals surface area contributed by atoms with E-state index in [9.17, 15) is 4.79 Å². The van der Waals surface area contributed by atoms with Crippen molar-refractivity contribution < 1.29 is 4.79 Å². The minimum Gasteiger partial charge on any atom is -0.342 e. The highest BCUT2D eigenvalue weighted by Gasteiger charge is 2.34. The van der Waals surface area contributed by atoms with Crippen molar-refractivity contribution in [3.8, 4) is 0 Å². The van der Waals surface area contributed by atoms with E-state index in [2.05, 4.69) is 11.8 Å². The van der Waals surface area contributed by atoms with Crippen molar-refractivity contribution in [2.45, 2.75) is 39.0 Å². The summed E-state index contributed by atoms with van der Waals surface area (Å²) >= 11 is 0. The maximum Gasteiger partial charge on any atom is 0.225 e. The summed E-state index contributed by atoms with van der Waals surface area (Å²) in [7, 11) is 0. The normalized spacial score (nSPS) is 22.5. The predicted octanol–water partition coefficient (Wildman–Crippen LogP) is 2.04. The summed E-state index contributed by atoms with van der Waals surface area (Å²) in [5.74, 6) is 1.65. The number of amides is 1. The van der Waals surface area contributed by atoms with Gasteiger partial charge in [0.05, 0.1) is 0 Å². The number of carbonyl (C=O) groups excluding carboxylic acids is 1. The molecule has 2 rings (SSSR count). The zero-order valence-corrected chi connectivity index (χ0v) is 8.46. The molecular formula is C11H19NO. The van der Waals surface area contributed by atoms with Crippen LogP contribution in [0.3, 0.4) is 0 Å². The Labute approximate surface area is 80.3 Å². The van der Waals surface area contributed by atoms with Crippen molar-refractivity contribution in [3.05, 3.63) is 0 Å². The van der Waals surface area contributed by atoms with Gasteiger partial charge in [-0.15, -0.1) is 0 Å². The van der Waals surface area contributed by atoms with Crippen LogP contribution in [-0.2, 0) is 4.79 Å². The summed E-state index contributed by atoms with van der Waals surface area (Å²) in [6, 6.07) is 0. The van der Waals surface area contributed by atoms with Gasteiger partial charge >= 0.3 is 0 Å². The lowest BCUT2D eigenvalue weighted by Crippen LogP contribution is -2.38. The molecular weight excluding hydrogens is 162 g/mol. The Morgan fingerprint density at radius 3 is 2.38 bits per heavy atom. The highest BCUT2D eigenvalue weighted by molar-refractivity contribution is 5.81. The van der Waals surface area contributed by atoms with Crippen LogP contribution in [0, 0.1) is 11.8 Å². The van der Waals surface area contributed by atoms with Gasteiger partial charge in [-0.2, -0.15) is 0 Å². The molecule has 2 saturated carbocycles. The van der Waals surface area contributed by atoms with E-state index >= 15 is 0 Å². The molecule has 0 saturated heterocycles. The van der Waals surface area contributed by atoms with Gasteiger partial charge in [-0.05, 0) is 38.5 Å². The summed E-state index contributed by atoms with van der Waals surface area (Å²) in [6.07, 6.45) is 6.34. The average molecular weight is 181 g/mol. The van der Waals surface area contributed by atoms with Crippen LogP contribution in [0.5, 0.6) is 0 Å². The van der Waals surface area contributed by atoms with Gasteiger partial charge in [-0.3, -0.25) is 4.79 Å². The summed E-state index contributed by atoms with van der Waals surface area (Å²) in [4.78, 5) is 13.8. The number of nitrogens with zero attached hydrogens (tertiary/aromatic N) is 1. The molecule has 2 heteroatoms. The molecule has 0 atom stereocenters. The molecule has 0 radical (unpaired) electrons. The zero-order chi connectivity index (χ0) is 9.26. The standard InChI is InChI=1S/C11H19NO/c1-2-12(8-9-4-3-5-9)11(13)10-6-7-10/h9-10H,2-8H2,1H3. The molecule has 0 spiro atoms. The Hall–Kier alpha value is -0.530. The molecule has 0 aromatic carbocycles. The Kier molecular flexibility index (Phi) is 2.56. The molecule has 0 aromatic heterocycles. The number of carbonyl (C=O) groups is 1. The Morgan fingerprint density at radius 1 is 1.31 bits per heavy atom. The third-order valence-electron chi connectivity index (χ3n) is 3.32. The van der Waals surface area contributed by atoms with Gasteiger partial charge in [0.25, 0.3) is 0 Å². The van der Waals surface area contributed by atoms with Crippen molar-refractivity contribution in [1.29, 1.82) is 0 Å². The van der Waals surface area contributed by atoms with Crippen LogP contribution in [-0.4, -0.2) is 23.9 Å². The van der Waals surface area contributed by atoms with Crippen molar-refractivity contribution in [1.82, 2.24) is 4.90 Å². The third-order valence-corrected chi connectivity index (χ3v) is 3.32. The van der Waals surface area contributed by atoms with Crippen molar-refractivity contribution in [3.63, 3.8) is 0 Å². The molecule has 13 heavy (non-hydrogen) atoms. The average Bonchev–Trinajstić information content (AvgIpc) is 2.84. The van der Waals surface area contributed by atoms with Crippen LogP contribution in [0.25, 0.3) is 0 Å². The highest BCUT2D eigenvalue weighted by Crippen LogP contribution is 2.33. The Morgan fingerprint density at radius 2 is 2.00 bits per heavy atom. The van der Waals surface area contributed by atoms with Gasteiger partial charge in [0.1, 0.15) is 0 Å². The fourth-order valence-corrected chi connectivity index (χ4v) is 1.95. The molecule has 2 fully saturated rings. The fraction of sp³-hybridized carbons (Fsp3) is 0.909. The molecule has 2 aliphatic carbocycles. The van der Waals surface area contributed by atoms with Crippen LogP contribution in [0.1, 0.15) is 39.0 Å². The summed E-state index contributed by atoms with van der Waals surface area (Å²) in [5.41, 5.74) is 0. The maximum atomic E-state index is 11.7. The van der Waals surface area contributed by atoms with Crippen LogP contribution < -0.4 is 0 Å². The van der Waals surface area contributed by atoms with Gasteiger partial charge in [-0.1, -0.05) is 6.42 Å². The van der Waals surface area contributed by atoms with Gasteiger partial charge in [0, 0.05) is 19.0 Å². The van der Waals surface area contributed by atoms with E-state index in [-0.39, 0.29) is 0 Å². The molecule has 0 aromatic rings.